The van der Waals surface area contributed by atoms with Crippen molar-refractivity contribution in [2.24, 2.45) is 0 Å². The van der Waals surface area contributed by atoms with Crippen molar-refractivity contribution in [3.63, 3.8) is 0 Å². The molecule has 1 aliphatic carbocycles. The lowest BCUT2D eigenvalue weighted by atomic mass is 9.87. The Morgan fingerprint density at radius 1 is 1.35 bits per heavy atom. The Bertz CT molecular complexity index is 441. The first-order valence-corrected chi connectivity index (χ1v) is 7.77. The highest BCUT2D eigenvalue weighted by molar-refractivity contribution is 5.39. The number of rotatable bonds is 6. The van der Waals surface area contributed by atoms with E-state index in [1.165, 1.54) is 24.0 Å². The summed E-state index contributed by atoms with van der Waals surface area (Å²) < 4.78 is 5.83. The van der Waals surface area contributed by atoms with Crippen LogP contribution in [0.1, 0.15) is 56.7 Å². The predicted molar refractivity (Wildman–Crippen MR) is 82.2 cm³/mol. The number of ether oxygens (including phenoxy) is 1. The summed E-state index contributed by atoms with van der Waals surface area (Å²) in [6.07, 6.45) is 5.01. The molecule has 0 amide bonds. The quantitative estimate of drug-likeness (QED) is 0.839. The second-order valence-electron chi connectivity index (χ2n) is 5.81. The number of benzene rings is 1. The van der Waals surface area contributed by atoms with Gasteiger partial charge in [-0.2, -0.15) is 0 Å². The van der Waals surface area contributed by atoms with Gasteiger partial charge in [0.2, 0.25) is 0 Å². The molecule has 1 aromatic rings. The van der Waals surface area contributed by atoms with Crippen molar-refractivity contribution in [1.29, 1.82) is 0 Å². The summed E-state index contributed by atoms with van der Waals surface area (Å²) in [5.41, 5.74) is 2.06. The van der Waals surface area contributed by atoms with Crippen molar-refractivity contribution in [3.8, 4) is 5.75 Å². The minimum atomic E-state index is -0.710. The Hall–Kier alpha value is -1.06. The molecule has 0 aromatic heterocycles. The van der Waals surface area contributed by atoms with Crippen LogP contribution < -0.4 is 10.1 Å². The molecule has 0 fully saturated rings. The van der Waals surface area contributed by atoms with Crippen molar-refractivity contribution >= 4 is 0 Å². The molecule has 0 heterocycles. The third kappa shape index (κ3) is 3.33. The topological polar surface area (TPSA) is 41.5 Å². The van der Waals surface area contributed by atoms with Crippen LogP contribution >= 0.6 is 0 Å². The zero-order chi connectivity index (χ0) is 14.6. The molecule has 0 aliphatic heterocycles. The molecule has 1 unspecified atom stereocenters. The lowest BCUT2D eigenvalue weighted by molar-refractivity contribution is -0.0113. The monoisotopic (exact) mass is 277 g/mol. The fraction of sp³-hybridized carbons (Fsp3) is 0.647. The molecule has 3 heteroatoms. The molecule has 3 nitrogen and oxygen atoms in total. The molecule has 2 N–H and O–H groups in total. The van der Waals surface area contributed by atoms with Crippen LogP contribution in [-0.4, -0.2) is 24.4 Å². The van der Waals surface area contributed by atoms with Gasteiger partial charge in [-0.05, 0) is 62.4 Å². The molecule has 0 bridgehead atoms. The van der Waals surface area contributed by atoms with Crippen LogP contribution in [0.25, 0.3) is 0 Å². The first kappa shape index (κ1) is 15.3. The van der Waals surface area contributed by atoms with Crippen LogP contribution in [0.5, 0.6) is 5.75 Å². The second-order valence-corrected chi connectivity index (χ2v) is 5.81. The zero-order valence-electron chi connectivity index (χ0n) is 12.9. The first-order valence-electron chi connectivity index (χ1n) is 7.77. The van der Waals surface area contributed by atoms with E-state index >= 15 is 0 Å². The van der Waals surface area contributed by atoms with Crippen molar-refractivity contribution in [1.82, 2.24) is 5.32 Å². The normalized spacial score (nSPS) is 18.7. The summed E-state index contributed by atoms with van der Waals surface area (Å²) in [6, 6.07) is 6.77. The van der Waals surface area contributed by atoms with Crippen molar-refractivity contribution in [2.75, 3.05) is 13.7 Å². The minimum absolute atomic E-state index is 0.364. The smallest absolute Gasteiger partial charge is 0.119 e. The van der Waals surface area contributed by atoms with Gasteiger partial charge >= 0.3 is 0 Å². The number of aliphatic hydroxyl groups is 1. The van der Waals surface area contributed by atoms with Crippen LogP contribution in [0.2, 0.25) is 0 Å². The Balaban J connectivity index is 2.10. The number of nitrogens with one attached hydrogen (secondary N) is 1. The van der Waals surface area contributed by atoms with Crippen molar-refractivity contribution < 1.29 is 9.84 Å². The van der Waals surface area contributed by atoms with Crippen LogP contribution in [0, 0.1) is 0 Å². The van der Waals surface area contributed by atoms with Gasteiger partial charge < -0.3 is 15.2 Å². The van der Waals surface area contributed by atoms with E-state index in [4.69, 9.17) is 4.74 Å². The average Bonchev–Trinajstić information content (AvgIpc) is 2.51. The van der Waals surface area contributed by atoms with E-state index in [1.807, 2.05) is 27.0 Å². The number of hydrogen-bond acceptors (Lipinski definition) is 3. The first-order chi connectivity index (χ1) is 9.61. The van der Waals surface area contributed by atoms with Gasteiger partial charge in [0.25, 0.3) is 0 Å². The Morgan fingerprint density at radius 2 is 2.10 bits per heavy atom. The average molecular weight is 277 g/mol. The third-order valence-corrected chi connectivity index (χ3v) is 4.60. The lowest BCUT2D eigenvalue weighted by Crippen LogP contribution is -2.34. The Kier molecular flexibility index (Phi) is 5.06. The molecule has 1 aliphatic rings. The molecule has 2 rings (SSSR count). The van der Waals surface area contributed by atoms with Gasteiger partial charge in [-0.25, -0.2) is 0 Å². The van der Waals surface area contributed by atoms with Gasteiger partial charge in [-0.1, -0.05) is 19.9 Å². The van der Waals surface area contributed by atoms with E-state index in [9.17, 15) is 5.11 Å². The fourth-order valence-electron chi connectivity index (χ4n) is 2.84. The van der Waals surface area contributed by atoms with E-state index < -0.39 is 5.60 Å². The molecular weight excluding hydrogens is 250 g/mol. The summed E-state index contributed by atoms with van der Waals surface area (Å²) in [7, 11) is 2.01. The molecule has 112 valence electrons. The maximum Gasteiger partial charge on any atom is 0.119 e. The zero-order valence-corrected chi connectivity index (χ0v) is 12.9. The third-order valence-electron chi connectivity index (χ3n) is 4.60. The van der Waals surface area contributed by atoms with Crippen molar-refractivity contribution in [2.45, 2.75) is 57.6 Å². The van der Waals surface area contributed by atoms with E-state index in [2.05, 4.69) is 17.4 Å². The highest BCUT2D eigenvalue weighted by atomic mass is 16.5. The van der Waals surface area contributed by atoms with Crippen LogP contribution in [0.3, 0.4) is 0 Å². The highest BCUT2D eigenvalue weighted by Gasteiger charge is 2.24. The second kappa shape index (κ2) is 6.59. The van der Waals surface area contributed by atoms with Gasteiger partial charge in [0.15, 0.2) is 0 Å². The predicted octanol–water partition coefficient (Wildman–Crippen LogP) is 3.21. The summed E-state index contributed by atoms with van der Waals surface area (Å²) in [4.78, 5) is 0. The minimum Gasteiger partial charge on any atom is -0.491 e. The summed E-state index contributed by atoms with van der Waals surface area (Å²) in [6.45, 7) is 4.36. The van der Waals surface area contributed by atoms with Crippen LogP contribution in [0.15, 0.2) is 18.2 Å². The van der Waals surface area contributed by atoms with Gasteiger partial charge in [-0.15, -0.1) is 0 Å². The molecular formula is C17H27NO2. The van der Waals surface area contributed by atoms with E-state index in [1.54, 1.807) is 0 Å². The standard InChI is InChI=1S/C17H27NO2/c1-4-17(19,5-2)12-20-14-10-9-13-7-6-8-16(18-3)15(13)11-14/h9-11,16,18-19H,4-8,12H2,1-3H3. The molecule has 1 aromatic carbocycles. The van der Waals surface area contributed by atoms with Crippen LogP contribution in [0.4, 0.5) is 0 Å². The number of fused-ring (bicyclic) bond motifs is 1. The number of hydrogen-bond donors (Lipinski definition) is 2. The molecule has 0 radical (unpaired) electrons. The van der Waals surface area contributed by atoms with Gasteiger partial charge in [0.1, 0.15) is 12.4 Å². The van der Waals surface area contributed by atoms with E-state index in [0.717, 1.165) is 12.2 Å². The number of aryl methyl sites for hydroxylation is 1. The molecule has 0 saturated heterocycles. The Labute approximate surface area is 122 Å². The maximum absolute atomic E-state index is 10.3. The summed E-state index contributed by atoms with van der Waals surface area (Å²) in [5, 5.41) is 13.7. The van der Waals surface area contributed by atoms with E-state index in [-0.39, 0.29) is 0 Å². The molecule has 20 heavy (non-hydrogen) atoms. The van der Waals surface area contributed by atoms with Gasteiger partial charge in [0.05, 0.1) is 5.60 Å². The van der Waals surface area contributed by atoms with E-state index in [0.29, 0.717) is 25.5 Å². The summed E-state index contributed by atoms with van der Waals surface area (Å²) in [5.74, 6) is 0.867. The Morgan fingerprint density at radius 3 is 2.75 bits per heavy atom. The molecule has 1 atom stereocenters. The van der Waals surface area contributed by atoms with Crippen LogP contribution in [-0.2, 0) is 6.42 Å². The largest absolute Gasteiger partial charge is 0.491 e. The fourth-order valence-corrected chi connectivity index (χ4v) is 2.84. The summed E-state index contributed by atoms with van der Waals surface area (Å²) >= 11 is 0. The van der Waals surface area contributed by atoms with Gasteiger partial charge in [0, 0.05) is 6.04 Å². The maximum atomic E-state index is 10.3. The SMILES string of the molecule is CCC(O)(CC)COc1ccc2c(c1)C(NC)CCC2. The lowest BCUT2D eigenvalue weighted by Gasteiger charge is -2.27. The van der Waals surface area contributed by atoms with Crippen molar-refractivity contribution in [3.05, 3.63) is 29.3 Å². The molecule has 0 spiro atoms. The highest BCUT2D eigenvalue weighted by Crippen LogP contribution is 2.32. The van der Waals surface area contributed by atoms with Gasteiger partial charge in [-0.3, -0.25) is 0 Å². The molecule has 0 saturated carbocycles.